The lowest BCUT2D eigenvalue weighted by Gasteiger charge is -2.39. The van der Waals surface area contributed by atoms with Crippen molar-refractivity contribution >= 4 is 44.9 Å². The maximum absolute atomic E-state index is 14.2. The van der Waals surface area contributed by atoms with Crippen LogP contribution >= 0.6 is 11.6 Å². The lowest BCUT2D eigenvalue weighted by Crippen LogP contribution is -2.60. The number of alkyl halides is 1. The van der Waals surface area contributed by atoms with Crippen molar-refractivity contribution in [2.75, 3.05) is 45.3 Å². The van der Waals surface area contributed by atoms with Crippen molar-refractivity contribution in [1.29, 1.82) is 0 Å². The Labute approximate surface area is 265 Å². The second kappa shape index (κ2) is 12.8. The van der Waals surface area contributed by atoms with Crippen LogP contribution in [0.2, 0.25) is 0 Å². The van der Waals surface area contributed by atoms with E-state index < -0.39 is 37.3 Å². The molecule has 12 heteroatoms. The van der Waals surface area contributed by atoms with Crippen molar-refractivity contribution in [2.45, 2.75) is 48.9 Å². The Morgan fingerprint density at radius 2 is 1.84 bits per heavy atom. The van der Waals surface area contributed by atoms with Crippen LogP contribution < -0.4 is 14.4 Å². The van der Waals surface area contributed by atoms with E-state index in [1.807, 2.05) is 68.4 Å². The monoisotopic (exact) mass is 639 g/mol. The number of hydrogen-bond donors (Lipinski definition) is 5. The van der Waals surface area contributed by atoms with Crippen LogP contribution in [0.1, 0.15) is 28.9 Å². The number of aromatic amines is 1. The Hall–Kier alpha value is -3.42. The first kappa shape index (κ1) is 31.6. The molecule has 1 saturated heterocycles. The third kappa shape index (κ3) is 5.97. The number of aliphatic hydroxyl groups is 4. The number of carbonyl (C=O) groups is 1. The average molecular weight is 640 g/mol. The number of aromatic nitrogens is 1. The van der Waals surface area contributed by atoms with Crippen molar-refractivity contribution in [3.05, 3.63) is 65.9 Å². The topological polar surface area (TPSA) is 148 Å². The summed E-state index contributed by atoms with van der Waals surface area (Å²) in [6, 6.07) is 16.7. The van der Waals surface area contributed by atoms with Gasteiger partial charge < -0.3 is 49.4 Å². The Balaban J connectivity index is 1.36. The lowest BCUT2D eigenvalue weighted by molar-refractivity contribution is -0.277. The van der Waals surface area contributed by atoms with E-state index in [4.69, 9.17) is 25.8 Å². The normalized spacial score (nSPS) is 25.6. The summed E-state index contributed by atoms with van der Waals surface area (Å²) in [5, 5.41) is 43.0. The minimum Gasteiger partial charge on any atom is -0.492 e. The van der Waals surface area contributed by atoms with Crippen LogP contribution in [0, 0.1) is 0 Å². The number of fused-ring (bicyclic) bond motifs is 4. The fourth-order valence-corrected chi connectivity index (χ4v) is 6.32. The summed E-state index contributed by atoms with van der Waals surface area (Å²) in [5.74, 6) is 0.575. The Bertz CT molecular complexity index is 1690. The third-order valence-electron chi connectivity index (χ3n) is 8.59. The van der Waals surface area contributed by atoms with Gasteiger partial charge in [-0.05, 0) is 56.2 Å². The summed E-state index contributed by atoms with van der Waals surface area (Å²) >= 11 is 6.73. The van der Waals surface area contributed by atoms with Crippen molar-refractivity contribution in [2.24, 2.45) is 0 Å². The number of H-pyrrole nitrogens is 1. The Morgan fingerprint density at radius 1 is 1.09 bits per heavy atom. The van der Waals surface area contributed by atoms with Gasteiger partial charge in [0.1, 0.15) is 48.2 Å². The summed E-state index contributed by atoms with van der Waals surface area (Å²) in [7, 11) is 3.96. The molecule has 5 N–H and O–H groups in total. The van der Waals surface area contributed by atoms with Gasteiger partial charge in [-0.25, -0.2) is 0 Å². The molecule has 3 heterocycles. The molecule has 0 spiro atoms. The zero-order valence-corrected chi connectivity index (χ0v) is 26.0. The number of nitrogens with one attached hydrogen (secondary N) is 1. The van der Waals surface area contributed by atoms with Crippen LogP contribution in [-0.2, 0) is 4.74 Å². The second-order valence-electron chi connectivity index (χ2n) is 12.0. The van der Waals surface area contributed by atoms with Crippen LogP contribution in [-0.4, -0.2) is 113 Å². The van der Waals surface area contributed by atoms with Gasteiger partial charge in [-0.1, -0.05) is 24.3 Å². The van der Waals surface area contributed by atoms with Gasteiger partial charge in [0.05, 0.1) is 12.3 Å². The summed E-state index contributed by atoms with van der Waals surface area (Å²) in [4.78, 5) is 21.1. The Kier molecular flexibility index (Phi) is 8.95. The molecular weight excluding hydrogens is 602 g/mol. The zero-order chi connectivity index (χ0) is 32.0. The molecule has 2 aliphatic rings. The van der Waals surface area contributed by atoms with E-state index in [1.54, 1.807) is 17.0 Å². The molecule has 1 amide bonds. The number of hydrogen-bond acceptors (Lipinski definition) is 9. The van der Waals surface area contributed by atoms with Gasteiger partial charge in [0.2, 0.25) is 6.29 Å². The largest absolute Gasteiger partial charge is 0.492 e. The molecule has 2 unspecified atom stereocenters. The van der Waals surface area contributed by atoms with Crippen LogP contribution in [0.15, 0.2) is 54.6 Å². The van der Waals surface area contributed by atoms with Gasteiger partial charge in [0.15, 0.2) is 0 Å². The second-order valence-corrected chi connectivity index (χ2v) is 12.6. The van der Waals surface area contributed by atoms with Crippen molar-refractivity contribution < 1.29 is 39.4 Å². The highest BCUT2D eigenvalue weighted by atomic mass is 35.5. The number of rotatable bonds is 9. The van der Waals surface area contributed by atoms with E-state index in [-0.39, 0.29) is 17.2 Å². The van der Waals surface area contributed by atoms with Gasteiger partial charge >= 0.3 is 0 Å². The molecule has 6 rings (SSSR count). The molecular formula is C33H38ClN3O8. The molecule has 0 saturated carbocycles. The van der Waals surface area contributed by atoms with E-state index in [1.165, 1.54) is 0 Å². The molecule has 11 nitrogen and oxygen atoms in total. The molecule has 1 fully saturated rings. The number of halogens is 1. The number of ether oxygens (including phenoxy) is 3. The lowest BCUT2D eigenvalue weighted by atomic mass is 9.92. The summed E-state index contributed by atoms with van der Waals surface area (Å²) in [6.45, 7) is 2.97. The minimum atomic E-state index is -1.60. The van der Waals surface area contributed by atoms with Gasteiger partial charge in [0, 0.05) is 46.7 Å². The summed E-state index contributed by atoms with van der Waals surface area (Å²) in [5.41, 5.74) is 2.69. The number of benzene rings is 3. The SMILES string of the molecule is C[C@@H](Cl)[C@@H]1CN(C(=O)c2cc3cc(OCCN(C)C)ccc3[nH]2)c2cc(O[C@@H]3OC(CO)[C@H](O)[C@H](O)C3O)c3ccccc3c21. The molecule has 240 valence electrons. The minimum absolute atomic E-state index is 0.182. The molecule has 0 radical (unpaired) electrons. The molecule has 2 aliphatic heterocycles. The van der Waals surface area contributed by atoms with Crippen LogP contribution in [0.4, 0.5) is 5.69 Å². The van der Waals surface area contributed by atoms with Crippen LogP contribution in [0.25, 0.3) is 21.7 Å². The van der Waals surface area contributed by atoms with Gasteiger partial charge in [-0.2, -0.15) is 0 Å². The van der Waals surface area contributed by atoms with Gasteiger partial charge in [-0.3, -0.25) is 4.79 Å². The predicted octanol–water partition coefficient (Wildman–Crippen LogP) is 2.81. The standard InChI is InChI=1S/C33H38ClN3O8/c1-17(34)22-15-37(32(42)24-13-18-12-19(8-9-23(18)35-24)43-11-10-36(2)3)25-14-26(20-6-4-5-7-21(20)28(22)25)44-33-31(41)30(40)29(39)27(16-38)45-33/h4-9,12-14,17,22,27,29-31,33,35,38-41H,10-11,15-16H2,1-3H3/t17-,22+,27?,29+,30+,31?,33-/m1/s1. The van der Waals surface area contributed by atoms with Crippen LogP contribution in [0.3, 0.4) is 0 Å². The van der Waals surface area contributed by atoms with Crippen molar-refractivity contribution in [1.82, 2.24) is 9.88 Å². The van der Waals surface area contributed by atoms with E-state index in [2.05, 4.69) is 4.98 Å². The molecule has 3 aromatic carbocycles. The third-order valence-corrected chi connectivity index (χ3v) is 8.89. The van der Waals surface area contributed by atoms with Crippen molar-refractivity contribution in [3.8, 4) is 11.5 Å². The van der Waals surface area contributed by atoms with E-state index in [0.29, 0.717) is 41.4 Å². The number of aliphatic hydroxyl groups excluding tert-OH is 4. The first-order valence-corrected chi connectivity index (χ1v) is 15.4. The number of anilines is 1. The van der Waals surface area contributed by atoms with E-state index >= 15 is 0 Å². The highest BCUT2D eigenvalue weighted by molar-refractivity contribution is 6.22. The molecule has 4 aromatic rings. The number of carbonyl (C=O) groups excluding carboxylic acids is 1. The summed E-state index contributed by atoms with van der Waals surface area (Å²) in [6.07, 6.45) is -7.22. The van der Waals surface area contributed by atoms with E-state index in [9.17, 15) is 25.2 Å². The number of likely N-dealkylation sites (N-methyl/N-ethyl adjacent to an activating group) is 1. The highest BCUT2D eigenvalue weighted by Gasteiger charge is 2.45. The van der Waals surface area contributed by atoms with Gasteiger partial charge in [-0.15, -0.1) is 11.6 Å². The Morgan fingerprint density at radius 3 is 2.56 bits per heavy atom. The molecule has 1 aromatic heterocycles. The average Bonchev–Trinajstić information content (AvgIpc) is 3.63. The first-order chi connectivity index (χ1) is 21.6. The quantitative estimate of drug-likeness (QED) is 0.174. The van der Waals surface area contributed by atoms with Crippen molar-refractivity contribution in [3.63, 3.8) is 0 Å². The zero-order valence-electron chi connectivity index (χ0n) is 25.3. The molecule has 7 atom stereocenters. The first-order valence-electron chi connectivity index (χ1n) is 15.0. The fraction of sp³-hybridized carbons (Fsp3) is 0.424. The molecule has 45 heavy (non-hydrogen) atoms. The van der Waals surface area contributed by atoms with Gasteiger partial charge in [0.25, 0.3) is 5.91 Å². The maximum atomic E-state index is 14.2. The highest BCUT2D eigenvalue weighted by Crippen LogP contribution is 2.48. The van der Waals surface area contributed by atoms with E-state index in [0.717, 1.165) is 28.4 Å². The smallest absolute Gasteiger partial charge is 0.274 e. The number of amides is 1. The maximum Gasteiger partial charge on any atom is 0.274 e. The summed E-state index contributed by atoms with van der Waals surface area (Å²) < 4.78 is 17.7. The fourth-order valence-electron chi connectivity index (χ4n) is 6.11. The molecule has 0 bridgehead atoms. The predicted molar refractivity (Wildman–Crippen MR) is 170 cm³/mol. The number of nitrogens with zero attached hydrogens (tertiary/aromatic N) is 2. The molecule has 0 aliphatic carbocycles. The van der Waals surface area contributed by atoms with Crippen LogP contribution in [0.5, 0.6) is 11.5 Å².